The Kier molecular flexibility index (Phi) is 12.6. The minimum Gasteiger partial charge on any atom is -0.494 e. The number of carbonyl (C=O) groups is 2. The summed E-state index contributed by atoms with van der Waals surface area (Å²) in [6.45, 7) is 9.39. The second-order valence-electron chi connectivity index (χ2n) is 9.38. The van der Waals surface area contributed by atoms with Crippen LogP contribution in [0.1, 0.15) is 64.0 Å². The minimum atomic E-state index is -3.56. The maximum Gasteiger partial charge on any atom is 0.242 e. The van der Waals surface area contributed by atoms with Crippen LogP contribution < -0.4 is 14.4 Å². The summed E-state index contributed by atoms with van der Waals surface area (Å²) in [6.07, 6.45) is 3.92. The molecule has 8 nitrogen and oxygen atoms in total. The number of hydrogen-bond donors (Lipinski definition) is 1. The van der Waals surface area contributed by atoms with Gasteiger partial charge in [-0.2, -0.15) is 0 Å². The molecule has 0 aromatic heterocycles. The van der Waals surface area contributed by atoms with Crippen molar-refractivity contribution < 1.29 is 22.7 Å². The third-order valence-corrected chi connectivity index (χ3v) is 7.60. The Labute approximate surface area is 228 Å². The molecule has 0 aliphatic rings. The Balaban J connectivity index is 2.19. The van der Waals surface area contributed by atoms with Gasteiger partial charge in [0.05, 0.1) is 18.6 Å². The molecule has 2 aromatic carbocycles. The van der Waals surface area contributed by atoms with Crippen LogP contribution in [0.5, 0.6) is 5.75 Å². The van der Waals surface area contributed by atoms with Gasteiger partial charge >= 0.3 is 0 Å². The first kappa shape index (κ1) is 31.1. The topological polar surface area (TPSA) is 96.0 Å². The van der Waals surface area contributed by atoms with E-state index in [0.717, 1.165) is 30.2 Å². The van der Waals surface area contributed by atoms with Gasteiger partial charge in [-0.1, -0.05) is 44.5 Å². The van der Waals surface area contributed by atoms with E-state index in [1.54, 1.807) is 29.2 Å². The second kappa shape index (κ2) is 15.4. The summed E-state index contributed by atoms with van der Waals surface area (Å²) in [4.78, 5) is 28.2. The smallest absolute Gasteiger partial charge is 0.242 e. The SMILES string of the molecule is CCCCNC(=O)[C@H](CC)N(Cc1ccccc1C)C(=O)CCCN(c1ccc(OCC)cc1)S(C)(=O)=O. The van der Waals surface area contributed by atoms with Crippen molar-refractivity contribution in [3.63, 3.8) is 0 Å². The average Bonchev–Trinajstić information content (AvgIpc) is 2.88. The lowest BCUT2D eigenvalue weighted by Gasteiger charge is -2.31. The van der Waals surface area contributed by atoms with E-state index in [0.29, 0.717) is 44.0 Å². The van der Waals surface area contributed by atoms with Gasteiger partial charge in [0.15, 0.2) is 0 Å². The molecule has 2 aromatic rings. The number of unbranched alkanes of at least 4 members (excludes halogenated alkanes) is 1. The summed E-state index contributed by atoms with van der Waals surface area (Å²) >= 11 is 0. The lowest BCUT2D eigenvalue weighted by atomic mass is 10.1. The summed E-state index contributed by atoms with van der Waals surface area (Å²) < 4.78 is 31.8. The fourth-order valence-electron chi connectivity index (χ4n) is 4.28. The molecule has 0 saturated heterocycles. The third kappa shape index (κ3) is 9.35. The van der Waals surface area contributed by atoms with Crippen molar-refractivity contribution in [2.75, 3.05) is 30.3 Å². The molecule has 0 fully saturated rings. The van der Waals surface area contributed by atoms with Gasteiger partial charge in [-0.3, -0.25) is 13.9 Å². The Morgan fingerprint density at radius 1 is 1.00 bits per heavy atom. The minimum absolute atomic E-state index is 0.119. The van der Waals surface area contributed by atoms with Crippen LogP contribution in [0.25, 0.3) is 0 Å². The first-order valence-electron chi connectivity index (χ1n) is 13.4. The van der Waals surface area contributed by atoms with Crippen molar-refractivity contribution in [1.82, 2.24) is 10.2 Å². The highest BCUT2D eigenvalue weighted by molar-refractivity contribution is 7.92. The van der Waals surface area contributed by atoms with Gasteiger partial charge in [0, 0.05) is 26.1 Å². The predicted molar refractivity (Wildman–Crippen MR) is 153 cm³/mol. The zero-order valence-electron chi connectivity index (χ0n) is 23.4. The van der Waals surface area contributed by atoms with Gasteiger partial charge in [-0.25, -0.2) is 8.42 Å². The number of aryl methyl sites for hydroxylation is 1. The molecule has 1 N–H and O–H groups in total. The summed E-state index contributed by atoms with van der Waals surface area (Å²) in [6, 6.07) is 14.1. The van der Waals surface area contributed by atoms with E-state index in [1.807, 2.05) is 45.0 Å². The van der Waals surface area contributed by atoms with Crippen LogP contribution in [0.4, 0.5) is 5.69 Å². The van der Waals surface area contributed by atoms with Gasteiger partial charge in [-0.05, 0) is 68.5 Å². The summed E-state index contributed by atoms with van der Waals surface area (Å²) in [5.41, 5.74) is 2.54. The molecule has 0 heterocycles. The fourth-order valence-corrected chi connectivity index (χ4v) is 5.24. The maximum absolute atomic E-state index is 13.5. The molecule has 0 aliphatic carbocycles. The van der Waals surface area contributed by atoms with E-state index in [4.69, 9.17) is 4.74 Å². The van der Waals surface area contributed by atoms with Crippen molar-refractivity contribution in [3.05, 3.63) is 59.7 Å². The second-order valence-corrected chi connectivity index (χ2v) is 11.3. The van der Waals surface area contributed by atoms with Crippen LogP contribution in [-0.4, -0.2) is 57.1 Å². The average molecular weight is 546 g/mol. The molecule has 0 saturated carbocycles. The van der Waals surface area contributed by atoms with Gasteiger partial charge in [0.2, 0.25) is 21.8 Å². The summed E-state index contributed by atoms with van der Waals surface area (Å²) in [7, 11) is -3.56. The monoisotopic (exact) mass is 545 g/mol. The van der Waals surface area contributed by atoms with Gasteiger partial charge in [-0.15, -0.1) is 0 Å². The van der Waals surface area contributed by atoms with Crippen LogP contribution >= 0.6 is 0 Å². The molecule has 2 rings (SSSR count). The number of amides is 2. The standard InChI is InChI=1S/C29H43N3O5S/c1-6-9-20-30-29(34)27(7-2)31(22-24-14-11-10-13-23(24)4)28(33)15-12-21-32(38(5,35)36)25-16-18-26(19-17-25)37-8-3/h10-11,13-14,16-19,27H,6-9,12,15,20-22H2,1-5H3,(H,30,34)/t27-/m0/s1. The van der Waals surface area contributed by atoms with Crippen molar-refractivity contribution in [2.24, 2.45) is 0 Å². The van der Waals surface area contributed by atoms with Crippen LogP contribution in [0.3, 0.4) is 0 Å². The Morgan fingerprint density at radius 3 is 2.26 bits per heavy atom. The van der Waals surface area contributed by atoms with Crippen LogP contribution in [-0.2, 0) is 26.2 Å². The Morgan fingerprint density at radius 2 is 1.68 bits per heavy atom. The van der Waals surface area contributed by atoms with E-state index in [2.05, 4.69) is 12.2 Å². The van der Waals surface area contributed by atoms with Crippen LogP contribution in [0.2, 0.25) is 0 Å². The van der Waals surface area contributed by atoms with Gasteiger partial charge < -0.3 is 15.0 Å². The molecule has 9 heteroatoms. The zero-order valence-corrected chi connectivity index (χ0v) is 24.2. The number of hydrogen-bond acceptors (Lipinski definition) is 5. The molecule has 2 amide bonds. The highest BCUT2D eigenvalue weighted by atomic mass is 32.2. The third-order valence-electron chi connectivity index (χ3n) is 6.41. The molecule has 0 bridgehead atoms. The fraction of sp³-hybridized carbons (Fsp3) is 0.517. The molecule has 0 spiro atoms. The number of sulfonamides is 1. The van der Waals surface area contributed by atoms with Crippen molar-refractivity contribution in [3.8, 4) is 5.75 Å². The molecule has 0 aliphatic heterocycles. The number of benzene rings is 2. The Bertz CT molecular complexity index is 1140. The first-order valence-corrected chi connectivity index (χ1v) is 15.3. The molecule has 0 radical (unpaired) electrons. The van der Waals surface area contributed by atoms with Crippen molar-refractivity contribution >= 4 is 27.5 Å². The van der Waals surface area contributed by atoms with E-state index < -0.39 is 16.1 Å². The number of ether oxygens (including phenoxy) is 1. The molecule has 1 atom stereocenters. The van der Waals surface area contributed by atoms with Crippen molar-refractivity contribution in [1.29, 1.82) is 0 Å². The molecular formula is C29H43N3O5S. The highest BCUT2D eigenvalue weighted by Crippen LogP contribution is 2.23. The number of rotatable bonds is 16. The number of carbonyl (C=O) groups excluding carboxylic acids is 2. The quantitative estimate of drug-likeness (QED) is 0.310. The number of anilines is 1. The number of nitrogens with one attached hydrogen (secondary N) is 1. The Hall–Kier alpha value is -3.07. The van der Waals surface area contributed by atoms with E-state index >= 15 is 0 Å². The zero-order chi connectivity index (χ0) is 28.1. The number of nitrogens with zero attached hydrogens (tertiary/aromatic N) is 2. The van der Waals surface area contributed by atoms with Crippen molar-refractivity contribution in [2.45, 2.75) is 72.4 Å². The van der Waals surface area contributed by atoms with E-state index in [9.17, 15) is 18.0 Å². The highest BCUT2D eigenvalue weighted by Gasteiger charge is 2.29. The molecule has 38 heavy (non-hydrogen) atoms. The van der Waals surface area contributed by atoms with Gasteiger partial charge in [0.1, 0.15) is 11.8 Å². The largest absolute Gasteiger partial charge is 0.494 e. The first-order chi connectivity index (χ1) is 18.1. The van der Waals surface area contributed by atoms with Gasteiger partial charge in [0.25, 0.3) is 0 Å². The van der Waals surface area contributed by atoms with Crippen LogP contribution in [0.15, 0.2) is 48.5 Å². The van der Waals surface area contributed by atoms with E-state index in [-0.39, 0.29) is 24.8 Å². The lowest BCUT2D eigenvalue weighted by molar-refractivity contribution is -0.141. The van der Waals surface area contributed by atoms with E-state index in [1.165, 1.54) is 4.31 Å². The molecule has 0 unspecified atom stereocenters. The predicted octanol–water partition coefficient (Wildman–Crippen LogP) is 4.66. The maximum atomic E-state index is 13.5. The van der Waals surface area contributed by atoms with Crippen LogP contribution in [0, 0.1) is 6.92 Å². The summed E-state index contributed by atoms with van der Waals surface area (Å²) in [5, 5.41) is 2.97. The summed E-state index contributed by atoms with van der Waals surface area (Å²) in [5.74, 6) is 0.329. The normalized spacial score (nSPS) is 12.0. The molecular weight excluding hydrogens is 502 g/mol. The lowest BCUT2D eigenvalue weighted by Crippen LogP contribution is -2.49. The molecule has 210 valence electrons.